The van der Waals surface area contributed by atoms with Crippen LogP contribution in [0.5, 0.6) is 0 Å². The average Bonchev–Trinajstić information content (AvgIpc) is 3.12. The SMILES string of the molecule is CC(CC(=O)N1CCCC1c1cccc(N(C)C)c1)C1CCCNC1.Cl.Cl. The van der Waals surface area contributed by atoms with Gasteiger partial charge in [-0.3, -0.25) is 4.79 Å². The lowest BCUT2D eigenvalue weighted by Gasteiger charge is -2.31. The van der Waals surface area contributed by atoms with Crippen molar-refractivity contribution in [2.24, 2.45) is 11.8 Å². The van der Waals surface area contributed by atoms with E-state index in [-0.39, 0.29) is 30.9 Å². The number of carbonyl (C=O) groups excluding carboxylic acids is 1. The molecular weight excluding hydrogens is 381 g/mol. The Bertz CT molecular complexity index is 591. The number of likely N-dealkylation sites (tertiary alicyclic amines) is 1. The van der Waals surface area contributed by atoms with Gasteiger partial charge < -0.3 is 15.1 Å². The topological polar surface area (TPSA) is 35.6 Å². The van der Waals surface area contributed by atoms with Gasteiger partial charge in [0.2, 0.25) is 5.91 Å². The number of amides is 1. The van der Waals surface area contributed by atoms with E-state index in [2.05, 4.69) is 60.4 Å². The van der Waals surface area contributed by atoms with Crippen LogP contribution in [0.3, 0.4) is 0 Å². The molecule has 1 N–H and O–H groups in total. The van der Waals surface area contributed by atoms with Gasteiger partial charge in [-0.25, -0.2) is 0 Å². The van der Waals surface area contributed by atoms with Crippen molar-refractivity contribution >= 4 is 36.4 Å². The standard InChI is InChI=1S/C21H33N3O.2ClH/c1-16(18-8-5-11-22-15-18)13-21(25)24-12-6-10-20(24)17-7-4-9-19(14-17)23(2)3;;/h4,7,9,14,16,18,20,22H,5-6,8,10-13,15H2,1-3H3;2*1H. The number of hydrogen-bond acceptors (Lipinski definition) is 3. The number of anilines is 1. The Morgan fingerprint density at radius 2 is 2.04 bits per heavy atom. The molecule has 6 heteroatoms. The molecule has 2 aliphatic rings. The molecule has 0 saturated carbocycles. The van der Waals surface area contributed by atoms with Gasteiger partial charge in [-0.1, -0.05) is 19.1 Å². The van der Waals surface area contributed by atoms with Crippen molar-refractivity contribution in [3.8, 4) is 0 Å². The van der Waals surface area contributed by atoms with E-state index >= 15 is 0 Å². The van der Waals surface area contributed by atoms with E-state index < -0.39 is 0 Å². The Balaban J connectivity index is 0.00000182. The molecular formula is C21H35Cl2N3O. The fourth-order valence-corrected chi connectivity index (χ4v) is 4.35. The molecule has 0 bridgehead atoms. The zero-order chi connectivity index (χ0) is 17.8. The van der Waals surface area contributed by atoms with E-state index in [9.17, 15) is 4.79 Å². The number of piperidine rings is 1. The highest BCUT2D eigenvalue weighted by atomic mass is 35.5. The van der Waals surface area contributed by atoms with Crippen molar-refractivity contribution in [3.05, 3.63) is 29.8 Å². The molecule has 2 saturated heterocycles. The molecule has 0 aromatic heterocycles. The summed E-state index contributed by atoms with van der Waals surface area (Å²) in [6, 6.07) is 8.91. The molecule has 4 nitrogen and oxygen atoms in total. The van der Waals surface area contributed by atoms with Crippen molar-refractivity contribution in [2.45, 2.75) is 45.1 Å². The van der Waals surface area contributed by atoms with Crippen LogP contribution in [0.25, 0.3) is 0 Å². The molecule has 2 fully saturated rings. The maximum atomic E-state index is 13.0. The fourth-order valence-electron chi connectivity index (χ4n) is 4.35. The third kappa shape index (κ3) is 6.00. The van der Waals surface area contributed by atoms with Crippen LogP contribution < -0.4 is 10.2 Å². The first-order valence-corrected chi connectivity index (χ1v) is 9.83. The van der Waals surface area contributed by atoms with Gasteiger partial charge in [-0.05, 0) is 68.3 Å². The van der Waals surface area contributed by atoms with Crippen LogP contribution in [0.4, 0.5) is 5.69 Å². The Hall–Kier alpha value is -0.970. The predicted octanol–water partition coefficient (Wildman–Crippen LogP) is 4.29. The average molecular weight is 416 g/mol. The summed E-state index contributed by atoms with van der Waals surface area (Å²) in [4.78, 5) is 17.3. The molecule has 2 aliphatic heterocycles. The zero-order valence-corrected chi connectivity index (χ0v) is 18.5. The molecule has 0 radical (unpaired) electrons. The number of halogens is 2. The highest BCUT2D eigenvalue weighted by Crippen LogP contribution is 2.35. The van der Waals surface area contributed by atoms with E-state index in [0.717, 1.165) is 32.5 Å². The summed E-state index contributed by atoms with van der Waals surface area (Å²) in [6.07, 6.45) is 5.39. The highest BCUT2D eigenvalue weighted by molar-refractivity contribution is 5.85. The third-order valence-corrected chi connectivity index (χ3v) is 5.98. The van der Waals surface area contributed by atoms with Gasteiger partial charge in [-0.15, -0.1) is 24.8 Å². The lowest BCUT2D eigenvalue weighted by molar-refractivity contribution is -0.133. The van der Waals surface area contributed by atoms with Gasteiger partial charge in [0.05, 0.1) is 6.04 Å². The van der Waals surface area contributed by atoms with Crippen LogP contribution in [0.1, 0.15) is 50.6 Å². The number of carbonyl (C=O) groups is 1. The van der Waals surface area contributed by atoms with Crippen LogP contribution in [-0.2, 0) is 4.79 Å². The minimum absolute atomic E-state index is 0. The Morgan fingerprint density at radius 1 is 1.26 bits per heavy atom. The molecule has 3 atom stereocenters. The highest BCUT2D eigenvalue weighted by Gasteiger charge is 2.32. The van der Waals surface area contributed by atoms with Gasteiger partial charge in [-0.2, -0.15) is 0 Å². The van der Waals surface area contributed by atoms with E-state index in [1.54, 1.807) is 0 Å². The smallest absolute Gasteiger partial charge is 0.223 e. The lowest BCUT2D eigenvalue weighted by Crippen LogP contribution is -2.37. The van der Waals surface area contributed by atoms with E-state index in [1.807, 2.05) is 0 Å². The summed E-state index contributed by atoms with van der Waals surface area (Å²) in [7, 11) is 4.13. The van der Waals surface area contributed by atoms with Gasteiger partial charge in [0.15, 0.2) is 0 Å². The molecule has 3 rings (SSSR count). The molecule has 27 heavy (non-hydrogen) atoms. The molecule has 1 aromatic rings. The summed E-state index contributed by atoms with van der Waals surface area (Å²) < 4.78 is 0. The summed E-state index contributed by atoms with van der Waals surface area (Å²) >= 11 is 0. The maximum absolute atomic E-state index is 13.0. The van der Waals surface area contributed by atoms with Crippen LogP contribution in [0.15, 0.2) is 24.3 Å². The first-order valence-electron chi connectivity index (χ1n) is 9.83. The van der Waals surface area contributed by atoms with Gasteiger partial charge in [0, 0.05) is 32.7 Å². The summed E-state index contributed by atoms with van der Waals surface area (Å²) in [5.41, 5.74) is 2.49. The first kappa shape index (κ1) is 24.1. The van der Waals surface area contributed by atoms with Crippen LogP contribution in [0.2, 0.25) is 0 Å². The molecule has 154 valence electrons. The van der Waals surface area contributed by atoms with Gasteiger partial charge in [0.1, 0.15) is 0 Å². The summed E-state index contributed by atoms with van der Waals surface area (Å²) in [5, 5.41) is 3.48. The number of hydrogen-bond donors (Lipinski definition) is 1. The van der Waals surface area contributed by atoms with Crippen molar-refractivity contribution in [2.75, 3.05) is 38.6 Å². The molecule has 1 aromatic carbocycles. The predicted molar refractivity (Wildman–Crippen MR) is 118 cm³/mol. The van der Waals surface area contributed by atoms with Crippen molar-refractivity contribution in [1.29, 1.82) is 0 Å². The zero-order valence-electron chi connectivity index (χ0n) is 16.8. The Kier molecular flexibility index (Phi) is 9.92. The third-order valence-electron chi connectivity index (χ3n) is 5.98. The molecule has 0 spiro atoms. The van der Waals surface area contributed by atoms with Crippen molar-refractivity contribution in [3.63, 3.8) is 0 Å². The quantitative estimate of drug-likeness (QED) is 0.778. The first-order chi connectivity index (χ1) is 12.1. The monoisotopic (exact) mass is 415 g/mol. The second-order valence-corrected chi connectivity index (χ2v) is 8.02. The molecule has 2 heterocycles. The summed E-state index contributed by atoms with van der Waals surface area (Å²) in [6.45, 7) is 5.37. The van der Waals surface area contributed by atoms with Crippen LogP contribution >= 0.6 is 24.8 Å². The second kappa shape index (κ2) is 11.1. The summed E-state index contributed by atoms with van der Waals surface area (Å²) in [5.74, 6) is 1.46. The number of rotatable bonds is 5. The maximum Gasteiger partial charge on any atom is 0.223 e. The lowest BCUT2D eigenvalue weighted by atomic mass is 9.85. The van der Waals surface area contributed by atoms with Crippen molar-refractivity contribution in [1.82, 2.24) is 10.2 Å². The van der Waals surface area contributed by atoms with Crippen LogP contribution in [0, 0.1) is 11.8 Å². The van der Waals surface area contributed by atoms with Crippen molar-refractivity contribution < 1.29 is 4.79 Å². The number of nitrogens with zero attached hydrogens (tertiary/aromatic N) is 2. The van der Waals surface area contributed by atoms with Gasteiger partial charge >= 0.3 is 0 Å². The van der Waals surface area contributed by atoms with E-state index in [0.29, 0.717) is 24.2 Å². The van der Waals surface area contributed by atoms with E-state index in [1.165, 1.54) is 24.1 Å². The van der Waals surface area contributed by atoms with Gasteiger partial charge in [0.25, 0.3) is 0 Å². The fraction of sp³-hybridized carbons (Fsp3) is 0.667. The second-order valence-electron chi connectivity index (χ2n) is 8.02. The molecule has 1 amide bonds. The minimum atomic E-state index is 0. The molecule has 3 unspecified atom stereocenters. The largest absolute Gasteiger partial charge is 0.378 e. The number of benzene rings is 1. The van der Waals surface area contributed by atoms with E-state index in [4.69, 9.17) is 0 Å². The van der Waals surface area contributed by atoms with Crippen LogP contribution in [-0.4, -0.2) is 44.5 Å². The Labute approximate surface area is 176 Å². The Morgan fingerprint density at radius 3 is 2.70 bits per heavy atom. The normalized spacial score (nSPS) is 23.1. The minimum Gasteiger partial charge on any atom is -0.378 e. The molecule has 0 aliphatic carbocycles. The number of nitrogens with one attached hydrogen (secondary N) is 1.